The topological polar surface area (TPSA) is 47.0 Å². The lowest BCUT2D eigenvalue weighted by molar-refractivity contribution is 0.346. The van der Waals surface area contributed by atoms with Gasteiger partial charge < -0.3 is 10.1 Å². The predicted molar refractivity (Wildman–Crippen MR) is 57.6 cm³/mol. The maximum Gasteiger partial charge on any atom is 0.232 e. The Balaban J connectivity index is 1.82. The van der Waals surface area contributed by atoms with E-state index in [1.54, 1.807) is 18.5 Å². The minimum Gasteiger partial charge on any atom is -0.472 e. The molecule has 0 saturated heterocycles. The summed E-state index contributed by atoms with van der Waals surface area (Å²) in [5.41, 5.74) is 0.952. The van der Waals surface area contributed by atoms with E-state index in [-0.39, 0.29) is 0 Å². The molecule has 1 saturated carbocycles. The summed E-state index contributed by atoms with van der Waals surface area (Å²) in [6.07, 6.45) is 7.65. The Morgan fingerprint density at radius 1 is 1.47 bits per heavy atom. The van der Waals surface area contributed by atoms with Crippen LogP contribution in [0.1, 0.15) is 18.5 Å². The molecule has 1 aliphatic carbocycles. The molecule has 1 heterocycles. The van der Waals surface area contributed by atoms with Gasteiger partial charge in [0, 0.05) is 12.6 Å². The molecule has 1 N–H and O–H groups in total. The molecule has 1 aliphatic rings. The Morgan fingerprint density at radius 2 is 2.33 bits per heavy atom. The third-order valence-corrected chi connectivity index (χ3v) is 2.18. The van der Waals surface area contributed by atoms with Crippen LogP contribution in [0.2, 0.25) is 0 Å². The number of hydrogen-bond acceptors (Lipinski definition) is 4. The maximum atomic E-state index is 5.24. The predicted octanol–water partition coefficient (Wildman–Crippen LogP) is 1.29. The van der Waals surface area contributed by atoms with Crippen molar-refractivity contribution in [2.45, 2.75) is 25.4 Å². The van der Waals surface area contributed by atoms with Crippen LogP contribution in [0.4, 0.5) is 0 Å². The van der Waals surface area contributed by atoms with Crippen molar-refractivity contribution in [3.63, 3.8) is 0 Å². The summed E-state index contributed by atoms with van der Waals surface area (Å²) < 4.78 is 5.24. The van der Waals surface area contributed by atoms with Crippen molar-refractivity contribution in [2.24, 2.45) is 0 Å². The zero-order chi connectivity index (χ0) is 10.5. The summed E-state index contributed by atoms with van der Waals surface area (Å²) in [6, 6.07) is 0.698. The summed E-state index contributed by atoms with van der Waals surface area (Å²) in [4.78, 5) is 8.39. The van der Waals surface area contributed by atoms with Gasteiger partial charge in [-0.25, -0.2) is 4.98 Å². The molecule has 0 aromatic carbocycles. The third kappa shape index (κ3) is 3.32. The summed E-state index contributed by atoms with van der Waals surface area (Å²) >= 11 is 0. The molecule has 1 aromatic rings. The molecule has 0 bridgehead atoms. The first kappa shape index (κ1) is 10.1. The Hall–Kier alpha value is -1.42. The van der Waals surface area contributed by atoms with Crippen molar-refractivity contribution in [1.29, 1.82) is 0 Å². The summed E-state index contributed by atoms with van der Waals surface area (Å²) in [6.45, 7) is 4.82. The average Bonchev–Trinajstić information content (AvgIpc) is 3.09. The highest BCUT2D eigenvalue weighted by atomic mass is 16.5. The fourth-order valence-electron chi connectivity index (χ4n) is 1.19. The second-order valence-electron chi connectivity index (χ2n) is 3.60. The van der Waals surface area contributed by atoms with Crippen molar-refractivity contribution >= 4 is 0 Å². The summed E-state index contributed by atoms with van der Waals surface area (Å²) in [7, 11) is 0. The van der Waals surface area contributed by atoms with E-state index in [0.717, 1.165) is 12.2 Å². The van der Waals surface area contributed by atoms with Gasteiger partial charge in [0.25, 0.3) is 0 Å². The Labute approximate surface area is 89.4 Å². The van der Waals surface area contributed by atoms with E-state index in [0.29, 0.717) is 18.5 Å². The molecule has 2 rings (SSSR count). The molecular formula is C11H15N3O. The summed E-state index contributed by atoms with van der Waals surface area (Å²) in [5, 5.41) is 3.38. The van der Waals surface area contributed by atoms with E-state index in [2.05, 4.69) is 21.9 Å². The van der Waals surface area contributed by atoms with E-state index < -0.39 is 0 Å². The van der Waals surface area contributed by atoms with Crippen molar-refractivity contribution in [1.82, 2.24) is 15.3 Å². The number of hydrogen-bond donors (Lipinski definition) is 1. The summed E-state index contributed by atoms with van der Waals surface area (Å²) in [5.74, 6) is 0.546. The SMILES string of the molecule is C=CCOc1cnc(CNC2CC2)cn1. The van der Waals surface area contributed by atoms with Gasteiger partial charge in [0.15, 0.2) is 0 Å². The third-order valence-electron chi connectivity index (χ3n) is 2.18. The first-order chi connectivity index (χ1) is 7.38. The van der Waals surface area contributed by atoms with E-state index in [1.165, 1.54) is 12.8 Å². The van der Waals surface area contributed by atoms with Gasteiger partial charge in [0.05, 0.1) is 18.1 Å². The van der Waals surface area contributed by atoms with Gasteiger partial charge in [-0.3, -0.25) is 4.98 Å². The smallest absolute Gasteiger partial charge is 0.232 e. The van der Waals surface area contributed by atoms with Crippen LogP contribution >= 0.6 is 0 Å². The first-order valence-electron chi connectivity index (χ1n) is 5.16. The van der Waals surface area contributed by atoms with E-state index >= 15 is 0 Å². The molecule has 0 aliphatic heterocycles. The molecule has 4 heteroatoms. The van der Waals surface area contributed by atoms with Gasteiger partial charge in [-0.2, -0.15) is 0 Å². The molecular weight excluding hydrogens is 190 g/mol. The zero-order valence-electron chi connectivity index (χ0n) is 8.65. The molecule has 1 fully saturated rings. The van der Waals surface area contributed by atoms with Crippen molar-refractivity contribution in [3.8, 4) is 5.88 Å². The lowest BCUT2D eigenvalue weighted by atomic mass is 10.4. The van der Waals surface area contributed by atoms with Gasteiger partial charge in [0.1, 0.15) is 6.61 Å². The van der Waals surface area contributed by atoms with Crippen molar-refractivity contribution in [2.75, 3.05) is 6.61 Å². The van der Waals surface area contributed by atoms with Crippen molar-refractivity contribution in [3.05, 3.63) is 30.7 Å². The largest absolute Gasteiger partial charge is 0.472 e. The molecule has 0 atom stereocenters. The van der Waals surface area contributed by atoms with Crippen LogP contribution < -0.4 is 10.1 Å². The highest BCUT2D eigenvalue weighted by molar-refractivity contribution is 5.07. The van der Waals surface area contributed by atoms with Crippen LogP contribution in [-0.4, -0.2) is 22.6 Å². The number of ether oxygens (including phenoxy) is 1. The second-order valence-corrected chi connectivity index (χ2v) is 3.60. The highest BCUT2D eigenvalue weighted by Gasteiger charge is 2.20. The van der Waals surface area contributed by atoms with Gasteiger partial charge in [-0.05, 0) is 12.8 Å². The van der Waals surface area contributed by atoms with Gasteiger partial charge in [-0.15, -0.1) is 0 Å². The minimum absolute atomic E-state index is 0.467. The number of nitrogens with zero attached hydrogens (tertiary/aromatic N) is 2. The minimum atomic E-state index is 0.467. The molecule has 1 aromatic heterocycles. The lowest BCUT2D eigenvalue weighted by Crippen LogP contribution is -2.16. The van der Waals surface area contributed by atoms with Gasteiger partial charge in [0.2, 0.25) is 5.88 Å². The molecule has 80 valence electrons. The molecule has 0 radical (unpaired) electrons. The monoisotopic (exact) mass is 205 g/mol. The Morgan fingerprint density at radius 3 is 2.93 bits per heavy atom. The molecule has 0 amide bonds. The van der Waals surface area contributed by atoms with Crippen LogP contribution in [0.25, 0.3) is 0 Å². The average molecular weight is 205 g/mol. The first-order valence-corrected chi connectivity index (χ1v) is 5.16. The van der Waals surface area contributed by atoms with Crippen molar-refractivity contribution < 1.29 is 4.74 Å². The van der Waals surface area contributed by atoms with E-state index in [4.69, 9.17) is 4.74 Å². The van der Waals surface area contributed by atoms with Crippen LogP contribution in [0.3, 0.4) is 0 Å². The normalized spacial score (nSPS) is 14.9. The Kier molecular flexibility index (Phi) is 3.29. The lowest BCUT2D eigenvalue weighted by Gasteiger charge is -2.03. The quantitative estimate of drug-likeness (QED) is 0.711. The number of aromatic nitrogens is 2. The zero-order valence-corrected chi connectivity index (χ0v) is 8.65. The van der Waals surface area contributed by atoms with Crippen LogP contribution in [0.5, 0.6) is 5.88 Å². The Bertz CT molecular complexity index is 319. The van der Waals surface area contributed by atoms with Gasteiger partial charge in [-0.1, -0.05) is 12.7 Å². The van der Waals surface area contributed by atoms with Gasteiger partial charge >= 0.3 is 0 Å². The number of nitrogens with one attached hydrogen (secondary N) is 1. The molecule has 4 nitrogen and oxygen atoms in total. The number of rotatable bonds is 6. The van der Waals surface area contributed by atoms with Crippen LogP contribution in [0, 0.1) is 0 Å². The maximum absolute atomic E-state index is 5.24. The van der Waals surface area contributed by atoms with E-state index in [1.807, 2.05) is 0 Å². The fourth-order valence-corrected chi connectivity index (χ4v) is 1.19. The molecule has 15 heavy (non-hydrogen) atoms. The van der Waals surface area contributed by atoms with Crippen LogP contribution in [0.15, 0.2) is 25.0 Å². The highest BCUT2D eigenvalue weighted by Crippen LogP contribution is 2.18. The van der Waals surface area contributed by atoms with E-state index in [9.17, 15) is 0 Å². The fraction of sp³-hybridized carbons (Fsp3) is 0.455. The van der Waals surface area contributed by atoms with Crippen LogP contribution in [-0.2, 0) is 6.54 Å². The second kappa shape index (κ2) is 4.89. The standard InChI is InChI=1S/C11H15N3O/c1-2-5-15-11-8-13-10(7-14-11)6-12-9-3-4-9/h2,7-9,12H,1,3-6H2. The molecule has 0 unspecified atom stereocenters. The molecule has 0 spiro atoms.